The Labute approximate surface area is 199 Å². The molecule has 1 unspecified atom stereocenters. The van der Waals surface area contributed by atoms with E-state index in [1.165, 1.54) is 0 Å². The summed E-state index contributed by atoms with van der Waals surface area (Å²) in [5.74, 6) is 1.17. The molecule has 34 heavy (non-hydrogen) atoms. The number of hydrogen-bond donors (Lipinski definition) is 1. The minimum Gasteiger partial charge on any atom is -0.385 e. The third kappa shape index (κ3) is 3.47. The summed E-state index contributed by atoms with van der Waals surface area (Å²) < 4.78 is 7.38. The summed E-state index contributed by atoms with van der Waals surface area (Å²) in [6.45, 7) is 3.30. The molecule has 3 aromatic rings. The van der Waals surface area contributed by atoms with Crippen LogP contribution in [0, 0.1) is 5.92 Å². The maximum absolute atomic E-state index is 14.0. The van der Waals surface area contributed by atoms with Gasteiger partial charge in [0.05, 0.1) is 25.0 Å². The predicted molar refractivity (Wildman–Crippen MR) is 128 cm³/mol. The molecular weight excluding hydrogens is 430 g/mol. The third-order valence-electron chi connectivity index (χ3n) is 7.94. The maximum atomic E-state index is 14.0. The predicted octanol–water partition coefficient (Wildman–Crippen LogP) is 2.86. The number of carbonyl (C=O) groups is 1. The maximum Gasteiger partial charge on any atom is 0.290 e. The molecule has 0 radical (unpaired) electrons. The summed E-state index contributed by atoms with van der Waals surface area (Å²) >= 11 is 0. The number of aliphatic hydroxyl groups is 1. The van der Waals surface area contributed by atoms with Crippen molar-refractivity contribution in [2.24, 2.45) is 5.92 Å². The fraction of sp³-hybridized carbons (Fsp3) is 0.500. The highest BCUT2D eigenvalue weighted by molar-refractivity contribution is 5.94. The molecule has 1 N–H and O–H groups in total. The van der Waals surface area contributed by atoms with Gasteiger partial charge in [0.15, 0.2) is 5.82 Å². The second-order valence-corrected chi connectivity index (χ2v) is 9.69. The number of imidazole rings is 1. The number of fused-ring (bicyclic) bond motifs is 2. The van der Waals surface area contributed by atoms with Gasteiger partial charge in [0.25, 0.3) is 5.91 Å². The number of rotatable bonds is 3. The largest absolute Gasteiger partial charge is 0.385 e. The molecule has 8 nitrogen and oxygen atoms in total. The summed E-state index contributed by atoms with van der Waals surface area (Å²) in [6, 6.07) is 10.00. The Morgan fingerprint density at radius 2 is 1.88 bits per heavy atom. The Bertz CT molecular complexity index is 1180. The van der Waals surface area contributed by atoms with Gasteiger partial charge in [-0.05, 0) is 24.8 Å². The van der Waals surface area contributed by atoms with Crippen LogP contribution in [0.15, 0.2) is 48.9 Å². The Morgan fingerprint density at radius 1 is 1.09 bits per heavy atom. The number of hydrogen-bond acceptors (Lipinski definition) is 6. The molecule has 1 amide bonds. The van der Waals surface area contributed by atoms with E-state index >= 15 is 0 Å². The second-order valence-electron chi connectivity index (χ2n) is 9.69. The molecule has 3 fully saturated rings. The molecule has 3 atom stereocenters. The average molecular weight is 462 g/mol. The van der Waals surface area contributed by atoms with Gasteiger partial charge < -0.3 is 19.6 Å². The van der Waals surface area contributed by atoms with Crippen LogP contribution >= 0.6 is 0 Å². The van der Waals surface area contributed by atoms with E-state index < -0.39 is 5.60 Å². The number of piperidine rings is 1. The van der Waals surface area contributed by atoms with Crippen molar-refractivity contribution in [1.82, 2.24) is 19.3 Å². The van der Waals surface area contributed by atoms with Crippen LogP contribution in [-0.4, -0.2) is 69.2 Å². The minimum atomic E-state index is -0.902. The Hall–Kier alpha value is -2.97. The van der Waals surface area contributed by atoms with Gasteiger partial charge >= 0.3 is 0 Å². The van der Waals surface area contributed by atoms with Crippen LogP contribution in [0.5, 0.6) is 0 Å². The zero-order valence-electron chi connectivity index (χ0n) is 19.3. The standard InChI is InChI=1S/C26H31N5O3/c32-25(24-28-23(29-14-16-34-17-15-29)22-18-27-11-13-30(22)24)31-12-10-26(33,19-6-2-1-3-7-19)20-8-4-5-9-21(20)31/h1-3,6-7,11,13,18,20-21,33H,4-5,8-10,12,14-17H2/t20-,21+,26?/m1/s1. The molecule has 1 aliphatic carbocycles. The first-order chi connectivity index (χ1) is 16.7. The first-order valence-corrected chi connectivity index (χ1v) is 12.4. The van der Waals surface area contributed by atoms with E-state index in [4.69, 9.17) is 9.72 Å². The molecule has 0 spiro atoms. The molecule has 6 rings (SSSR count). The van der Waals surface area contributed by atoms with Gasteiger partial charge in [0, 0.05) is 44.0 Å². The molecule has 0 bridgehead atoms. The molecule has 8 heteroatoms. The Balaban J connectivity index is 1.35. The van der Waals surface area contributed by atoms with Crippen molar-refractivity contribution in [2.75, 3.05) is 37.7 Å². The van der Waals surface area contributed by atoms with E-state index in [0.29, 0.717) is 32.0 Å². The van der Waals surface area contributed by atoms with E-state index in [1.807, 2.05) is 45.8 Å². The van der Waals surface area contributed by atoms with E-state index in [1.54, 1.807) is 12.4 Å². The highest BCUT2D eigenvalue weighted by Gasteiger charge is 2.50. The fourth-order valence-corrected chi connectivity index (χ4v) is 6.23. The normalized spacial score (nSPS) is 27.6. The number of carbonyl (C=O) groups excluding carboxylic acids is 1. The van der Waals surface area contributed by atoms with Crippen molar-refractivity contribution in [3.05, 3.63) is 60.3 Å². The van der Waals surface area contributed by atoms with Gasteiger partial charge in [-0.2, -0.15) is 0 Å². The number of nitrogens with zero attached hydrogens (tertiary/aromatic N) is 5. The second kappa shape index (κ2) is 8.67. The fourth-order valence-electron chi connectivity index (χ4n) is 6.23. The van der Waals surface area contributed by atoms with Gasteiger partial charge in [-0.3, -0.25) is 14.2 Å². The molecule has 4 heterocycles. The van der Waals surface area contributed by atoms with Crippen molar-refractivity contribution in [3.63, 3.8) is 0 Å². The van der Waals surface area contributed by atoms with E-state index in [0.717, 1.165) is 55.7 Å². The summed E-state index contributed by atoms with van der Waals surface area (Å²) in [5.41, 5.74) is 0.900. The average Bonchev–Trinajstić information content (AvgIpc) is 3.30. The molecule has 2 aliphatic heterocycles. The monoisotopic (exact) mass is 461 g/mol. The van der Waals surface area contributed by atoms with Crippen LogP contribution in [0.3, 0.4) is 0 Å². The lowest BCUT2D eigenvalue weighted by Gasteiger charge is -2.52. The summed E-state index contributed by atoms with van der Waals surface area (Å²) in [4.78, 5) is 27.3. The number of ether oxygens (including phenoxy) is 1. The lowest BCUT2D eigenvalue weighted by molar-refractivity contribution is -0.110. The van der Waals surface area contributed by atoms with Gasteiger partial charge in [0.1, 0.15) is 5.52 Å². The molecule has 3 aliphatic rings. The van der Waals surface area contributed by atoms with Gasteiger partial charge in [-0.15, -0.1) is 0 Å². The van der Waals surface area contributed by atoms with Crippen LogP contribution in [0.2, 0.25) is 0 Å². The van der Waals surface area contributed by atoms with Crippen molar-refractivity contribution < 1.29 is 14.6 Å². The molecule has 178 valence electrons. The SMILES string of the molecule is O=C(c1nc(N2CCOCC2)c2cnccn12)N1CCC(O)(c2ccccc2)[C@@H]2CCCC[C@@H]21. The van der Waals surface area contributed by atoms with E-state index in [2.05, 4.69) is 9.88 Å². The number of morpholine rings is 1. The summed E-state index contributed by atoms with van der Waals surface area (Å²) in [7, 11) is 0. The topological polar surface area (TPSA) is 83.2 Å². The lowest BCUT2D eigenvalue weighted by atomic mass is 9.66. The summed E-state index contributed by atoms with van der Waals surface area (Å²) in [6.07, 6.45) is 9.81. The number of benzene rings is 1. The molecule has 2 aromatic heterocycles. The lowest BCUT2D eigenvalue weighted by Crippen LogP contribution is -2.59. The van der Waals surface area contributed by atoms with E-state index in [9.17, 15) is 9.90 Å². The highest BCUT2D eigenvalue weighted by atomic mass is 16.5. The molecule has 1 aromatic carbocycles. The zero-order chi connectivity index (χ0) is 23.1. The van der Waals surface area contributed by atoms with Gasteiger partial charge in [-0.1, -0.05) is 43.2 Å². The number of amides is 1. The van der Waals surface area contributed by atoms with Gasteiger partial charge in [-0.25, -0.2) is 4.98 Å². The minimum absolute atomic E-state index is 0.00114. The Morgan fingerprint density at radius 3 is 2.71 bits per heavy atom. The van der Waals surface area contributed by atoms with Crippen molar-refractivity contribution in [3.8, 4) is 0 Å². The molecule has 2 saturated heterocycles. The molecule has 1 saturated carbocycles. The summed E-state index contributed by atoms with van der Waals surface area (Å²) in [5, 5.41) is 11.9. The van der Waals surface area contributed by atoms with Crippen LogP contribution in [0.1, 0.15) is 48.3 Å². The van der Waals surface area contributed by atoms with Crippen molar-refractivity contribution in [1.29, 1.82) is 0 Å². The number of likely N-dealkylation sites (tertiary alicyclic amines) is 1. The number of aromatic nitrogens is 3. The molecular formula is C26H31N5O3. The first kappa shape index (κ1) is 21.6. The zero-order valence-corrected chi connectivity index (χ0v) is 19.3. The van der Waals surface area contributed by atoms with Crippen LogP contribution in [0.4, 0.5) is 5.82 Å². The van der Waals surface area contributed by atoms with Crippen molar-refractivity contribution in [2.45, 2.75) is 43.7 Å². The van der Waals surface area contributed by atoms with Crippen LogP contribution in [-0.2, 0) is 10.3 Å². The first-order valence-electron chi connectivity index (χ1n) is 12.4. The van der Waals surface area contributed by atoms with E-state index in [-0.39, 0.29) is 17.9 Å². The van der Waals surface area contributed by atoms with Crippen molar-refractivity contribution >= 4 is 17.2 Å². The van der Waals surface area contributed by atoms with Crippen LogP contribution < -0.4 is 4.90 Å². The smallest absolute Gasteiger partial charge is 0.290 e. The van der Waals surface area contributed by atoms with Gasteiger partial charge in [0.2, 0.25) is 5.82 Å². The van der Waals surface area contributed by atoms with Crippen LogP contribution in [0.25, 0.3) is 5.52 Å². The highest BCUT2D eigenvalue weighted by Crippen LogP contribution is 2.47. The Kier molecular flexibility index (Phi) is 5.50. The quantitative estimate of drug-likeness (QED) is 0.646. The number of anilines is 1. The third-order valence-corrected chi connectivity index (χ3v) is 7.94.